The Hall–Kier alpha value is -1.50. The second-order valence-corrected chi connectivity index (χ2v) is 5.75. The third kappa shape index (κ3) is 10.9. The molecule has 0 heterocycles. The van der Waals surface area contributed by atoms with Crippen molar-refractivity contribution in [3.05, 3.63) is 12.7 Å². The van der Waals surface area contributed by atoms with Gasteiger partial charge < -0.3 is 14.8 Å². The molecule has 0 unspecified atom stereocenters. The van der Waals surface area contributed by atoms with E-state index in [1.165, 1.54) is 0 Å². The minimum absolute atomic E-state index is 0.0120. The Bertz CT molecular complexity index is 382. The number of ether oxygens (including phenoxy) is 2. The van der Waals surface area contributed by atoms with Crippen LogP contribution < -0.4 is 5.32 Å². The summed E-state index contributed by atoms with van der Waals surface area (Å²) in [6.45, 7) is 7.11. The fourth-order valence-corrected chi connectivity index (χ4v) is 2.19. The van der Waals surface area contributed by atoms with Gasteiger partial charge in [0.05, 0.1) is 12.8 Å². The molecule has 0 aliphatic carbocycles. The lowest BCUT2D eigenvalue weighted by Crippen LogP contribution is -2.33. The standard InChI is InChI=1S/C14H23NO5S/c1-5-12(17)19-9-7-11(16)15-8-6-13(18)20-14(2,3)10-21-4/h5H,1,6-10H2,2-4H3,(H,15,16). The van der Waals surface area contributed by atoms with Crippen molar-refractivity contribution < 1.29 is 23.9 Å². The smallest absolute Gasteiger partial charge is 0.330 e. The summed E-state index contributed by atoms with van der Waals surface area (Å²) in [5, 5.41) is 2.56. The summed E-state index contributed by atoms with van der Waals surface area (Å²) >= 11 is 1.60. The van der Waals surface area contributed by atoms with E-state index in [0.717, 1.165) is 6.08 Å². The third-order valence-electron chi connectivity index (χ3n) is 2.27. The zero-order valence-electron chi connectivity index (χ0n) is 12.8. The maximum Gasteiger partial charge on any atom is 0.330 e. The minimum Gasteiger partial charge on any atom is -0.462 e. The first kappa shape index (κ1) is 19.5. The Labute approximate surface area is 129 Å². The summed E-state index contributed by atoms with van der Waals surface area (Å²) in [5.41, 5.74) is -0.514. The van der Waals surface area contributed by atoms with Gasteiger partial charge in [-0.3, -0.25) is 9.59 Å². The zero-order valence-corrected chi connectivity index (χ0v) is 13.6. The van der Waals surface area contributed by atoms with Crippen molar-refractivity contribution in [3.8, 4) is 0 Å². The number of amides is 1. The van der Waals surface area contributed by atoms with Gasteiger partial charge in [-0.25, -0.2) is 4.79 Å². The number of nitrogens with one attached hydrogen (secondary N) is 1. The molecular weight excluding hydrogens is 294 g/mol. The van der Waals surface area contributed by atoms with Crippen LogP contribution in [0.25, 0.3) is 0 Å². The molecule has 0 aliphatic rings. The number of esters is 2. The normalized spacial score (nSPS) is 10.6. The van der Waals surface area contributed by atoms with Crippen LogP contribution in [-0.2, 0) is 23.9 Å². The van der Waals surface area contributed by atoms with Gasteiger partial charge in [0.1, 0.15) is 12.2 Å². The lowest BCUT2D eigenvalue weighted by Gasteiger charge is -2.24. The van der Waals surface area contributed by atoms with Crippen LogP contribution in [-0.4, -0.2) is 48.6 Å². The summed E-state index contributed by atoms with van der Waals surface area (Å²) in [7, 11) is 0. The number of hydrogen-bond acceptors (Lipinski definition) is 6. The van der Waals surface area contributed by atoms with Crippen LogP contribution in [0, 0.1) is 0 Å². The van der Waals surface area contributed by atoms with E-state index >= 15 is 0 Å². The number of rotatable bonds is 10. The summed E-state index contributed by atoms with van der Waals surface area (Å²) in [4.78, 5) is 33.7. The predicted molar refractivity (Wildman–Crippen MR) is 82.0 cm³/mol. The Morgan fingerprint density at radius 2 is 1.95 bits per heavy atom. The molecule has 0 radical (unpaired) electrons. The highest BCUT2D eigenvalue weighted by molar-refractivity contribution is 7.98. The van der Waals surface area contributed by atoms with Gasteiger partial charge in [-0.15, -0.1) is 0 Å². The highest BCUT2D eigenvalue weighted by Gasteiger charge is 2.21. The highest BCUT2D eigenvalue weighted by atomic mass is 32.2. The molecule has 0 rings (SSSR count). The molecule has 1 amide bonds. The van der Waals surface area contributed by atoms with Crippen molar-refractivity contribution in [1.29, 1.82) is 0 Å². The molecule has 0 saturated heterocycles. The molecule has 0 saturated carbocycles. The molecule has 1 N–H and O–H groups in total. The third-order valence-corrected chi connectivity index (χ3v) is 3.26. The first-order chi connectivity index (χ1) is 9.80. The van der Waals surface area contributed by atoms with Crippen LogP contribution in [0.5, 0.6) is 0 Å². The first-order valence-electron chi connectivity index (χ1n) is 6.57. The highest BCUT2D eigenvalue weighted by Crippen LogP contribution is 2.15. The molecule has 0 spiro atoms. The van der Waals surface area contributed by atoms with E-state index in [9.17, 15) is 14.4 Å². The van der Waals surface area contributed by atoms with Crippen molar-refractivity contribution in [1.82, 2.24) is 5.32 Å². The summed E-state index contributed by atoms with van der Waals surface area (Å²) in [6, 6.07) is 0. The predicted octanol–water partition coefficient (Wildman–Crippen LogP) is 1.30. The molecule has 6 nitrogen and oxygen atoms in total. The molecule has 0 aliphatic heterocycles. The Morgan fingerprint density at radius 1 is 1.29 bits per heavy atom. The molecule has 0 aromatic rings. The SMILES string of the molecule is C=CC(=O)OCCC(=O)NCCC(=O)OC(C)(C)CSC. The molecule has 21 heavy (non-hydrogen) atoms. The summed E-state index contributed by atoms with van der Waals surface area (Å²) in [6.07, 6.45) is 3.13. The molecule has 0 aromatic carbocycles. The van der Waals surface area contributed by atoms with Gasteiger partial charge in [-0.2, -0.15) is 11.8 Å². The van der Waals surface area contributed by atoms with Crippen molar-refractivity contribution in [2.75, 3.05) is 25.2 Å². The summed E-state index contributed by atoms with van der Waals surface area (Å²) in [5.74, 6) is -0.502. The van der Waals surface area contributed by atoms with Gasteiger partial charge in [-0.1, -0.05) is 6.58 Å². The molecule has 120 valence electrons. The average molecular weight is 317 g/mol. The number of hydrogen-bond donors (Lipinski definition) is 1. The van der Waals surface area contributed by atoms with Crippen LogP contribution in [0.1, 0.15) is 26.7 Å². The van der Waals surface area contributed by atoms with E-state index in [-0.39, 0.29) is 37.9 Å². The first-order valence-corrected chi connectivity index (χ1v) is 7.97. The number of carbonyl (C=O) groups excluding carboxylic acids is 3. The van der Waals surface area contributed by atoms with Gasteiger partial charge >= 0.3 is 11.9 Å². The van der Waals surface area contributed by atoms with Gasteiger partial charge in [0.15, 0.2) is 0 Å². The second-order valence-electron chi connectivity index (χ2n) is 4.89. The van der Waals surface area contributed by atoms with E-state index in [4.69, 9.17) is 4.74 Å². The van der Waals surface area contributed by atoms with Crippen LogP contribution in [0.2, 0.25) is 0 Å². The number of carbonyl (C=O) groups is 3. The van der Waals surface area contributed by atoms with Crippen molar-refractivity contribution in [3.63, 3.8) is 0 Å². The van der Waals surface area contributed by atoms with Crippen molar-refractivity contribution >= 4 is 29.6 Å². The van der Waals surface area contributed by atoms with E-state index in [0.29, 0.717) is 5.75 Å². The average Bonchev–Trinajstić information content (AvgIpc) is 2.37. The van der Waals surface area contributed by atoms with Crippen LogP contribution >= 0.6 is 11.8 Å². The molecule has 0 aromatic heterocycles. The van der Waals surface area contributed by atoms with E-state index in [1.54, 1.807) is 11.8 Å². The van der Waals surface area contributed by atoms with Crippen molar-refractivity contribution in [2.45, 2.75) is 32.3 Å². The topological polar surface area (TPSA) is 81.7 Å². The maximum absolute atomic E-state index is 11.6. The fourth-order valence-electron chi connectivity index (χ4n) is 1.43. The van der Waals surface area contributed by atoms with Crippen LogP contribution in [0.3, 0.4) is 0 Å². The Balaban J connectivity index is 3.78. The minimum atomic E-state index is -0.567. The van der Waals surface area contributed by atoms with Gasteiger partial charge in [0.25, 0.3) is 0 Å². The van der Waals surface area contributed by atoms with E-state index in [2.05, 4.69) is 16.6 Å². The lowest BCUT2D eigenvalue weighted by molar-refractivity contribution is -0.154. The van der Waals surface area contributed by atoms with Crippen LogP contribution in [0.15, 0.2) is 12.7 Å². The largest absolute Gasteiger partial charge is 0.462 e. The summed E-state index contributed by atoms with van der Waals surface area (Å²) < 4.78 is 9.97. The fraction of sp³-hybridized carbons (Fsp3) is 0.643. The Morgan fingerprint density at radius 3 is 2.52 bits per heavy atom. The lowest BCUT2D eigenvalue weighted by atomic mass is 10.2. The van der Waals surface area contributed by atoms with Gasteiger partial charge in [0.2, 0.25) is 5.91 Å². The monoisotopic (exact) mass is 317 g/mol. The van der Waals surface area contributed by atoms with Crippen LogP contribution in [0.4, 0.5) is 0 Å². The van der Waals surface area contributed by atoms with E-state index < -0.39 is 11.6 Å². The molecule has 7 heteroatoms. The zero-order chi connectivity index (χ0) is 16.3. The molecular formula is C14H23NO5S. The maximum atomic E-state index is 11.6. The number of thioether (sulfide) groups is 1. The van der Waals surface area contributed by atoms with Gasteiger partial charge in [0, 0.05) is 18.4 Å². The molecule has 0 atom stereocenters. The quantitative estimate of drug-likeness (QED) is 0.483. The molecule has 0 bridgehead atoms. The van der Waals surface area contributed by atoms with E-state index in [1.807, 2.05) is 20.1 Å². The second kappa shape index (κ2) is 10.3. The molecule has 0 fully saturated rings. The van der Waals surface area contributed by atoms with Crippen molar-refractivity contribution in [2.24, 2.45) is 0 Å². The Kier molecular flexibility index (Phi) is 9.53. The van der Waals surface area contributed by atoms with Gasteiger partial charge in [-0.05, 0) is 20.1 Å².